The molecule has 1 fully saturated rings. The van der Waals surface area contributed by atoms with Crippen LogP contribution in [0.2, 0.25) is 10.0 Å². The van der Waals surface area contributed by atoms with Gasteiger partial charge in [0.15, 0.2) is 0 Å². The first-order valence-corrected chi connectivity index (χ1v) is 13.3. The van der Waals surface area contributed by atoms with Crippen LogP contribution in [0.1, 0.15) is 58.0 Å². The number of aryl methyl sites for hydroxylation is 1. The van der Waals surface area contributed by atoms with Gasteiger partial charge in [-0.15, -0.1) is 0 Å². The monoisotopic (exact) mass is 576 g/mol. The van der Waals surface area contributed by atoms with E-state index in [4.69, 9.17) is 32.7 Å². The maximum Gasteiger partial charge on any atom is 0.416 e. The third kappa shape index (κ3) is 6.20. The summed E-state index contributed by atoms with van der Waals surface area (Å²) in [6.07, 6.45) is -2.02. The zero-order chi connectivity index (χ0) is 27.7. The van der Waals surface area contributed by atoms with Gasteiger partial charge in [-0.3, -0.25) is 4.79 Å². The van der Waals surface area contributed by atoms with Crippen LogP contribution < -0.4 is 9.47 Å². The van der Waals surface area contributed by atoms with Gasteiger partial charge in [-0.05, 0) is 79.3 Å². The molecule has 0 aromatic heterocycles. The molecule has 1 N–H and O–H groups in total. The number of hydrogen-bond acceptors (Lipinski definition) is 4. The van der Waals surface area contributed by atoms with Gasteiger partial charge in [-0.2, -0.15) is 13.2 Å². The Labute approximate surface area is 234 Å². The van der Waals surface area contributed by atoms with Crippen molar-refractivity contribution < 1.29 is 32.5 Å². The molecule has 2 aliphatic rings. The zero-order valence-corrected chi connectivity index (χ0v) is 22.2. The highest BCUT2D eigenvalue weighted by Crippen LogP contribution is 2.43. The van der Waals surface area contributed by atoms with Crippen molar-refractivity contribution >= 4 is 29.5 Å². The summed E-state index contributed by atoms with van der Waals surface area (Å²) in [7, 11) is 0. The van der Waals surface area contributed by atoms with Crippen molar-refractivity contribution in [2.24, 2.45) is 5.92 Å². The Kier molecular flexibility index (Phi) is 7.83. The zero-order valence-electron chi connectivity index (χ0n) is 20.7. The summed E-state index contributed by atoms with van der Waals surface area (Å²) in [5.41, 5.74) is 1.59. The molecular weight excluding hydrogens is 552 g/mol. The summed E-state index contributed by atoms with van der Waals surface area (Å²) >= 11 is 12.6. The molecule has 5 rings (SSSR count). The van der Waals surface area contributed by atoms with Crippen LogP contribution in [0, 0.1) is 5.92 Å². The van der Waals surface area contributed by atoms with E-state index in [-0.39, 0.29) is 36.0 Å². The van der Waals surface area contributed by atoms with Crippen molar-refractivity contribution in [2.75, 3.05) is 6.61 Å². The van der Waals surface area contributed by atoms with Crippen LogP contribution in [0.15, 0.2) is 65.9 Å². The number of aliphatic hydroxyl groups excluding tert-OH is 1. The second-order valence-electron chi connectivity index (χ2n) is 9.81. The van der Waals surface area contributed by atoms with E-state index >= 15 is 0 Å². The number of alkyl halides is 3. The lowest BCUT2D eigenvalue weighted by molar-refractivity contribution is -0.139. The normalized spacial score (nSPS) is 17.6. The molecule has 204 valence electrons. The Balaban J connectivity index is 1.38. The first-order chi connectivity index (χ1) is 18.6. The molecule has 3 aromatic carbocycles. The topological polar surface area (TPSA) is 55.8 Å². The van der Waals surface area contributed by atoms with Gasteiger partial charge in [0, 0.05) is 39.1 Å². The van der Waals surface area contributed by atoms with Crippen LogP contribution in [-0.4, -0.2) is 18.0 Å². The Bertz CT molecular complexity index is 1410. The summed E-state index contributed by atoms with van der Waals surface area (Å²) in [6.45, 7) is -0.118. The lowest BCUT2D eigenvalue weighted by atomic mass is 9.93. The predicted molar refractivity (Wildman–Crippen MR) is 143 cm³/mol. The molecule has 1 atom stereocenters. The average Bonchev–Trinajstić information content (AvgIpc) is 3.77. The Morgan fingerprint density at radius 2 is 1.79 bits per heavy atom. The molecule has 39 heavy (non-hydrogen) atoms. The van der Waals surface area contributed by atoms with Gasteiger partial charge < -0.3 is 14.6 Å². The fraction of sp³-hybridized carbons (Fsp3) is 0.300. The number of halogens is 5. The lowest BCUT2D eigenvalue weighted by Gasteiger charge is -2.28. The van der Waals surface area contributed by atoms with Crippen LogP contribution in [-0.2, 0) is 19.0 Å². The molecular formula is C30H25Cl2F3O4. The second-order valence-corrected chi connectivity index (χ2v) is 10.6. The molecule has 3 aromatic rings. The molecule has 1 saturated carbocycles. The number of benzene rings is 3. The standard InChI is InChI=1S/C30H25Cl2F3O4/c31-25-2-1-3-26(32)23(25)13-20(29(37)18-5-6-18)16-38-21-8-9-22(24(14-21)30(33,34)35)28-11-7-19-12-17(15-36)4-10-27(19)39-28/h1-4,8-10,12,14-15,18,28,37H,5-7,11,13,16H2/b29-20+. The number of ether oxygens (including phenoxy) is 2. The minimum atomic E-state index is -4.64. The Hall–Kier alpha value is -3.16. The van der Waals surface area contributed by atoms with E-state index in [0.717, 1.165) is 30.8 Å². The van der Waals surface area contributed by atoms with E-state index in [2.05, 4.69) is 0 Å². The van der Waals surface area contributed by atoms with Crippen molar-refractivity contribution in [2.45, 2.75) is 44.4 Å². The number of aliphatic hydroxyl groups is 1. The fourth-order valence-electron chi connectivity index (χ4n) is 4.80. The molecule has 1 heterocycles. The lowest BCUT2D eigenvalue weighted by Crippen LogP contribution is -2.20. The molecule has 0 radical (unpaired) electrons. The third-order valence-electron chi connectivity index (χ3n) is 7.03. The first kappa shape index (κ1) is 27.4. The Morgan fingerprint density at radius 3 is 2.46 bits per heavy atom. The van der Waals surface area contributed by atoms with Gasteiger partial charge in [-0.25, -0.2) is 0 Å². The maximum absolute atomic E-state index is 14.2. The van der Waals surface area contributed by atoms with Gasteiger partial charge in [0.25, 0.3) is 0 Å². The molecule has 4 nitrogen and oxygen atoms in total. The number of aldehydes is 1. The average molecular weight is 577 g/mol. The summed E-state index contributed by atoms with van der Waals surface area (Å²) in [6, 6.07) is 13.8. The highest BCUT2D eigenvalue weighted by molar-refractivity contribution is 6.36. The SMILES string of the molecule is O=Cc1ccc2c(c1)CCC(c1ccc(OC/C(Cc3c(Cl)cccc3Cl)=C(/O)C3CC3)cc1C(F)(F)F)O2. The van der Waals surface area contributed by atoms with Gasteiger partial charge >= 0.3 is 6.18 Å². The van der Waals surface area contributed by atoms with Crippen molar-refractivity contribution in [3.05, 3.63) is 104 Å². The minimum absolute atomic E-state index is 0.00640. The van der Waals surface area contributed by atoms with E-state index in [1.54, 1.807) is 36.4 Å². The highest BCUT2D eigenvalue weighted by Gasteiger charge is 2.37. The number of fused-ring (bicyclic) bond motifs is 1. The van der Waals surface area contributed by atoms with Gasteiger partial charge in [-0.1, -0.05) is 35.3 Å². The number of carbonyl (C=O) groups is 1. The van der Waals surface area contributed by atoms with Gasteiger partial charge in [0.1, 0.15) is 30.5 Å². The van der Waals surface area contributed by atoms with Gasteiger partial charge in [0.05, 0.1) is 11.3 Å². The number of hydrogen-bond donors (Lipinski definition) is 1. The van der Waals surface area contributed by atoms with E-state index in [1.165, 1.54) is 12.1 Å². The third-order valence-corrected chi connectivity index (χ3v) is 7.74. The van der Waals surface area contributed by atoms with Gasteiger partial charge in [0.2, 0.25) is 0 Å². The molecule has 1 aliphatic heterocycles. The number of allylic oxidation sites excluding steroid dienone is 1. The Morgan fingerprint density at radius 1 is 1.05 bits per heavy atom. The van der Waals surface area contributed by atoms with Crippen molar-refractivity contribution in [1.29, 1.82) is 0 Å². The van der Waals surface area contributed by atoms with Crippen LogP contribution in [0.4, 0.5) is 13.2 Å². The summed E-state index contributed by atoms with van der Waals surface area (Å²) < 4.78 is 54.2. The fourth-order valence-corrected chi connectivity index (χ4v) is 5.33. The van der Waals surface area contributed by atoms with E-state index in [1.807, 2.05) is 0 Å². The van der Waals surface area contributed by atoms with E-state index < -0.39 is 17.8 Å². The van der Waals surface area contributed by atoms with Crippen molar-refractivity contribution in [3.63, 3.8) is 0 Å². The molecule has 0 spiro atoms. The molecule has 0 amide bonds. The maximum atomic E-state index is 14.2. The summed E-state index contributed by atoms with van der Waals surface area (Å²) in [5.74, 6) is 0.663. The van der Waals surface area contributed by atoms with Crippen molar-refractivity contribution in [3.8, 4) is 11.5 Å². The van der Waals surface area contributed by atoms with E-state index in [9.17, 15) is 23.1 Å². The molecule has 9 heteroatoms. The van der Waals surface area contributed by atoms with Crippen LogP contribution in [0.25, 0.3) is 0 Å². The van der Waals surface area contributed by atoms with Crippen LogP contribution in [0.3, 0.4) is 0 Å². The second kappa shape index (κ2) is 11.1. The molecule has 1 unspecified atom stereocenters. The quantitative estimate of drug-likeness (QED) is 0.215. The predicted octanol–water partition coefficient (Wildman–Crippen LogP) is 8.73. The molecule has 0 bridgehead atoms. The van der Waals surface area contributed by atoms with Crippen molar-refractivity contribution in [1.82, 2.24) is 0 Å². The first-order valence-electron chi connectivity index (χ1n) is 12.6. The highest BCUT2D eigenvalue weighted by atomic mass is 35.5. The number of rotatable bonds is 8. The summed E-state index contributed by atoms with van der Waals surface area (Å²) in [4.78, 5) is 11.0. The summed E-state index contributed by atoms with van der Waals surface area (Å²) in [5, 5.41) is 11.6. The van der Waals surface area contributed by atoms with Crippen LogP contribution in [0.5, 0.6) is 11.5 Å². The van der Waals surface area contributed by atoms with Crippen LogP contribution >= 0.6 is 23.2 Å². The smallest absolute Gasteiger partial charge is 0.416 e. The largest absolute Gasteiger partial charge is 0.512 e. The molecule has 1 aliphatic carbocycles. The molecule has 0 saturated heterocycles. The number of carbonyl (C=O) groups excluding carboxylic acids is 1. The van der Waals surface area contributed by atoms with E-state index in [0.29, 0.717) is 45.3 Å². The minimum Gasteiger partial charge on any atom is -0.512 e.